The van der Waals surface area contributed by atoms with Crippen molar-refractivity contribution in [3.8, 4) is 0 Å². The van der Waals surface area contributed by atoms with Crippen molar-refractivity contribution >= 4 is 28.9 Å². The summed E-state index contributed by atoms with van der Waals surface area (Å²) in [5.41, 5.74) is 0.919. The highest BCUT2D eigenvalue weighted by molar-refractivity contribution is 8.13. The predicted molar refractivity (Wildman–Crippen MR) is 68.0 cm³/mol. The van der Waals surface area contributed by atoms with Gasteiger partial charge in [-0.2, -0.15) is 0 Å². The summed E-state index contributed by atoms with van der Waals surface area (Å²) < 4.78 is 0. The zero-order valence-electron chi connectivity index (χ0n) is 9.42. The Hall–Kier alpha value is -1.62. The molecule has 0 bridgehead atoms. The third kappa shape index (κ3) is 5.31. The van der Waals surface area contributed by atoms with E-state index in [1.807, 2.05) is 6.08 Å². The van der Waals surface area contributed by atoms with Crippen molar-refractivity contribution in [1.29, 1.82) is 0 Å². The van der Waals surface area contributed by atoms with Gasteiger partial charge in [0, 0.05) is 25.1 Å². The molecule has 4 nitrogen and oxygen atoms in total. The van der Waals surface area contributed by atoms with Gasteiger partial charge in [0.25, 0.3) is 0 Å². The lowest BCUT2D eigenvalue weighted by Gasteiger charge is -1.96. The first kappa shape index (κ1) is 13.4. The first-order chi connectivity index (χ1) is 8.09. The van der Waals surface area contributed by atoms with E-state index in [0.717, 1.165) is 17.7 Å². The second kappa shape index (κ2) is 6.85. The number of hydrogen-bond donors (Lipinski definition) is 1. The minimum Gasteiger partial charge on any atom is -0.478 e. The van der Waals surface area contributed by atoms with Crippen LogP contribution in [-0.2, 0) is 4.79 Å². The summed E-state index contributed by atoms with van der Waals surface area (Å²) in [6.07, 6.45) is 7.38. The van der Waals surface area contributed by atoms with Crippen LogP contribution in [0.3, 0.4) is 0 Å². The Morgan fingerprint density at radius 1 is 1.47 bits per heavy atom. The zero-order chi connectivity index (χ0) is 12.7. The van der Waals surface area contributed by atoms with E-state index in [1.54, 1.807) is 18.3 Å². The van der Waals surface area contributed by atoms with Crippen LogP contribution in [0.1, 0.15) is 29.3 Å². The molecule has 90 valence electrons. The fraction of sp³-hybridized carbons (Fsp3) is 0.250. The summed E-state index contributed by atoms with van der Waals surface area (Å²) in [4.78, 5) is 25.2. The van der Waals surface area contributed by atoms with E-state index in [-0.39, 0.29) is 10.7 Å². The molecule has 0 aliphatic heterocycles. The van der Waals surface area contributed by atoms with E-state index in [9.17, 15) is 9.59 Å². The highest BCUT2D eigenvalue weighted by Crippen LogP contribution is 2.08. The summed E-state index contributed by atoms with van der Waals surface area (Å²) in [5.74, 6) is -0.252. The summed E-state index contributed by atoms with van der Waals surface area (Å²) in [7, 11) is 0. The number of nitrogens with zero attached hydrogens (tertiary/aromatic N) is 1. The van der Waals surface area contributed by atoms with Crippen molar-refractivity contribution < 1.29 is 14.7 Å². The fourth-order valence-corrected chi connectivity index (χ4v) is 1.70. The summed E-state index contributed by atoms with van der Waals surface area (Å²) in [5, 5.41) is 8.88. The topological polar surface area (TPSA) is 67.3 Å². The van der Waals surface area contributed by atoms with Crippen LogP contribution in [0.4, 0.5) is 0 Å². The van der Waals surface area contributed by atoms with E-state index in [1.165, 1.54) is 24.9 Å². The molecule has 0 radical (unpaired) electrons. The van der Waals surface area contributed by atoms with E-state index >= 15 is 0 Å². The van der Waals surface area contributed by atoms with Gasteiger partial charge in [0.2, 0.25) is 0 Å². The molecule has 1 rings (SSSR count). The van der Waals surface area contributed by atoms with Crippen LogP contribution in [0.2, 0.25) is 0 Å². The highest BCUT2D eigenvalue weighted by atomic mass is 32.2. The maximum absolute atomic E-state index is 10.7. The Morgan fingerprint density at radius 3 is 2.88 bits per heavy atom. The van der Waals surface area contributed by atoms with Gasteiger partial charge in [-0.05, 0) is 18.1 Å². The normalized spacial score (nSPS) is 10.6. The molecule has 0 fully saturated rings. The molecule has 0 saturated carbocycles. The number of carbonyl (C=O) groups excluding carboxylic acids is 1. The molecule has 1 aromatic rings. The van der Waals surface area contributed by atoms with Crippen LogP contribution in [0.15, 0.2) is 24.5 Å². The van der Waals surface area contributed by atoms with Gasteiger partial charge in [-0.25, -0.2) is 4.79 Å². The number of carbonyl (C=O) groups is 2. The molecule has 0 atom stereocenters. The average molecular weight is 251 g/mol. The van der Waals surface area contributed by atoms with Gasteiger partial charge >= 0.3 is 5.97 Å². The van der Waals surface area contributed by atoms with E-state index < -0.39 is 5.97 Å². The lowest BCUT2D eigenvalue weighted by atomic mass is 10.2. The van der Waals surface area contributed by atoms with Crippen molar-refractivity contribution in [2.24, 2.45) is 0 Å². The molecule has 5 heteroatoms. The van der Waals surface area contributed by atoms with Gasteiger partial charge in [-0.1, -0.05) is 23.9 Å². The van der Waals surface area contributed by atoms with Crippen LogP contribution in [0.25, 0.3) is 6.08 Å². The van der Waals surface area contributed by atoms with E-state index in [2.05, 4.69) is 4.98 Å². The van der Waals surface area contributed by atoms with Crippen molar-refractivity contribution in [3.63, 3.8) is 0 Å². The minimum absolute atomic E-state index is 0.105. The standard InChI is InChI=1S/C12H13NO3S/c1-9(14)17-5-3-2-4-10-6-11(12(15)16)8-13-7-10/h2,4,6-8H,3,5H2,1H3,(H,15,16). The predicted octanol–water partition coefficient (Wildman–Crippen LogP) is 2.46. The molecule has 0 aliphatic rings. The first-order valence-corrected chi connectivity index (χ1v) is 6.06. The number of carboxylic acid groups (broad SMARTS) is 1. The van der Waals surface area contributed by atoms with Gasteiger partial charge in [-0.3, -0.25) is 9.78 Å². The Morgan fingerprint density at radius 2 is 2.24 bits per heavy atom. The van der Waals surface area contributed by atoms with E-state index in [0.29, 0.717) is 0 Å². The van der Waals surface area contributed by atoms with Gasteiger partial charge in [0.05, 0.1) is 5.56 Å². The third-order valence-corrected chi connectivity index (χ3v) is 2.75. The summed E-state index contributed by atoms with van der Waals surface area (Å²) >= 11 is 1.27. The second-order valence-electron chi connectivity index (χ2n) is 3.34. The van der Waals surface area contributed by atoms with Gasteiger partial charge in [0.15, 0.2) is 5.12 Å². The van der Waals surface area contributed by atoms with Crippen LogP contribution in [-0.4, -0.2) is 26.9 Å². The van der Waals surface area contributed by atoms with Crippen molar-refractivity contribution in [2.45, 2.75) is 13.3 Å². The molecule has 0 aliphatic carbocycles. The number of carboxylic acids is 1. The van der Waals surface area contributed by atoms with Gasteiger partial charge in [0.1, 0.15) is 0 Å². The number of thioether (sulfide) groups is 1. The molecular weight excluding hydrogens is 238 g/mol. The minimum atomic E-state index is -0.986. The lowest BCUT2D eigenvalue weighted by molar-refractivity contribution is -0.109. The third-order valence-electron chi connectivity index (χ3n) is 1.91. The molecule has 1 aromatic heterocycles. The fourth-order valence-electron chi connectivity index (χ4n) is 1.16. The molecule has 1 heterocycles. The molecule has 0 saturated heterocycles. The van der Waals surface area contributed by atoms with E-state index in [4.69, 9.17) is 5.11 Å². The highest BCUT2D eigenvalue weighted by Gasteiger charge is 2.01. The van der Waals surface area contributed by atoms with Crippen molar-refractivity contribution in [3.05, 3.63) is 35.7 Å². The average Bonchev–Trinajstić information content (AvgIpc) is 2.28. The molecule has 0 aromatic carbocycles. The summed E-state index contributed by atoms with van der Waals surface area (Å²) in [6, 6.07) is 1.56. The maximum Gasteiger partial charge on any atom is 0.337 e. The Labute approximate surface area is 104 Å². The SMILES string of the molecule is CC(=O)SCCC=Cc1cncc(C(=O)O)c1. The van der Waals surface area contributed by atoms with Crippen molar-refractivity contribution in [2.75, 3.05) is 5.75 Å². The van der Waals surface area contributed by atoms with Crippen molar-refractivity contribution in [1.82, 2.24) is 4.98 Å². The molecule has 17 heavy (non-hydrogen) atoms. The number of rotatable bonds is 5. The largest absolute Gasteiger partial charge is 0.478 e. The first-order valence-electron chi connectivity index (χ1n) is 5.08. The molecule has 0 unspecified atom stereocenters. The quantitative estimate of drug-likeness (QED) is 0.814. The van der Waals surface area contributed by atoms with Crippen LogP contribution in [0.5, 0.6) is 0 Å². The maximum atomic E-state index is 10.7. The molecule has 0 amide bonds. The van der Waals surface area contributed by atoms with Gasteiger partial charge < -0.3 is 5.11 Å². The smallest absolute Gasteiger partial charge is 0.337 e. The van der Waals surface area contributed by atoms with Gasteiger partial charge in [-0.15, -0.1) is 0 Å². The molecule has 0 spiro atoms. The summed E-state index contributed by atoms with van der Waals surface area (Å²) in [6.45, 7) is 1.54. The number of allylic oxidation sites excluding steroid dienone is 1. The van der Waals surface area contributed by atoms with Crippen LogP contribution < -0.4 is 0 Å². The van der Waals surface area contributed by atoms with Crippen LogP contribution >= 0.6 is 11.8 Å². The zero-order valence-corrected chi connectivity index (χ0v) is 10.2. The Bertz CT molecular complexity index is 443. The van der Waals surface area contributed by atoms with Crippen LogP contribution in [0, 0.1) is 0 Å². The molecular formula is C12H13NO3S. The number of aromatic carboxylic acids is 1. The second-order valence-corrected chi connectivity index (χ2v) is 4.62. The molecule has 1 N–H and O–H groups in total. The Balaban J connectivity index is 2.50. The Kier molecular flexibility index (Phi) is 5.42. The monoisotopic (exact) mass is 251 g/mol. The number of hydrogen-bond acceptors (Lipinski definition) is 4. The number of aromatic nitrogens is 1. The lowest BCUT2D eigenvalue weighted by Crippen LogP contribution is -1.96. The number of pyridine rings is 1.